The van der Waals surface area contributed by atoms with Gasteiger partial charge in [0.2, 0.25) is 0 Å². The maximum Gasteiger partial charge on any atom is 0.150 e. The van der Waals surface area contributed by atoms with Crippen LogP contribution in [-0.2, 0) is 0 Å². The third kappa shape index (κ3) is 1.62. The Hall–Kier alpha value is -1.18. The molecule has 1 fully saturated rings. The van der Waals surface area contributed by atoms with Gasteiger partial charge < -0.3 is 0 Å². The van der Waals surface area contributed by atoms with Crippen molar-refractivity contribution in [2.24, 2.45) is 5.92 Å². The van der Waals surface area contributed by atoms with Crippen LogP contribution in [0.25, 0.3) is 0 Å². The molecule has 0 spiro atoms. The molecule has 1 unspecified atom stereocenters. The van der Waals surface area contributed by atoms with E-state index in [9.17, 15) is 9.18 Å². The Balaban J connectivity index is 2.31. The van der Waals surface area contributed by atoms with Gasteiger partial charge in [-0.3, -0.25) is 4.79 Å². The Morgan fingerprint density at radius 3 is 2.69 bits per heavy atom. The highest BCUT2D eigenvalue weighted by Crippen LogP contribution is 2.43. The van der Waals surface area contributed by atoms with Crippen LogP contribution in [0.3, 0.4) is 0 Å². The summed E-state index contributed by atoms with van der Waals surface area (Å²) in [6, 6.07) is 6.90. The zero-order valence-electron chi connectivity index (χ0n) is 7.24. The van der Waals surface area contributed by atoms with E-state index >= 15 is 0 Å². The van der Waals surface area contributed by atoms with Gasteiger partial charge in [-0.1, -0.05) is 24.3 Å². The Morgan fingerprint density at radius 2 is 2.08 bits per heavy atom. The molecule has 1 saturated carbocycles. The van der Waals surface area contributed by atoms with Crippen LogP contribution in [0.5, 0.6) is 0 Å². The van der Waals surface area contributed by atoms with Crippen molar-refractivity contribution in [1.29, 1.82) is 0 Å². The van der Waals surface area contributed by atoms with Crippen molar-refractivity contribution >= 4 is 6.29 Å². The van der Waals surface area contributed by atoms with Crippen LogP contribution in [-0.4, -0.2) is 6.29 Å². The normalized spacial score (nSPS) is 18.2. The molecule has 1 aromatic rings. The summed E-state index contributed by atoms with van der Waals surface area (Å²) in [5.41, 5.74) is 1.04. The van der Waals surface area contributed by atoms with E-state index in [1.54, 1.807) is 24.3 Å². The molecule has 0 bridgehead atoms. The largest absolute Gasteiger partial charge is 0.298 e. The van der Waals surface area contributed by atoms with Gasteiger partial charge in [0.25, 0.3) is 0 Å². The molecule has 0 heterocycles. The molecule has 1 nitrogen and oxygen atoms in total. The summed E-state index contributed by atoms with van der Waals surface area (Å²) in [7, 11) is 0. The smallest absolute Gasteiger partial charge is 0.150 e. The summed E-state index contributed by atoms with van der Waals surface area (Å²) in [4.78, 5) is 10.6. The van der Waals surface area contributed by atoms with Gasteiger partial charge in [0.1, 0.15) is 12.5 Å². The number of alkyl halides is 1. The molecule has 0 amide bonds. The summed E-state index contributed by atoms with van der Waals surface area (Å²) in [6.07, 6.45) is 1.69. The number of benzene rings is 1. The highest BCUT2D eigenvalue weighted by molar-refractivity contribution is 5.77. The zero-order valence-corrected chi connectivity index (χ0v) is 7.24. The Morgan fingerprint density at radius 1 is 1.38 bits per heavy atom. The molecule has 2 heteroatoms. The van der Waals surface area contributed by atoms with Gasteiger partial charge in [-0.25, -0.2) is 4.39 Å². The third-order valence-corrected chi connectivity index (χ3v) is 2.46. The standard InChI is InChI=1S/C11H11FO/c12-11(8-5-6-8)10-4-2-1-3-9(10)7-13/h1-4,7-8,11H,5-6H2. The first kappa shape index (κ1) is 8.42. The van der Waals surface area contributed by atoms with Gasteiger partial charge in [0.15, 0.2) is 0 Å². The number of rotatable bonds is 3. The van der Waals surface area contributed by atoms with Crippen molar-refractivity contribution in [3.05, 3.63) is 35.4 Å². The molecule has 0 radical (unpaired) electrons. The second-order valence-electron chi connectivity index (χ2n) is 3.49. The lowest BCUT2D eigenvalue weighted by Gasteiger charge is -2.08. The summed E-state index contributed by atoms with van der Waals surface area (Å²) in [6.45, 7) is 0. The molecule has 0 N–H and O–H groups in total. The molecule has 0 saturated heterocycles. The van der Waals surface area contributed by atoms with E-state index in [0.717, 1.165) is 19.1 Å². The third-order valence-electron chi connectivity index (χ3n) is 2.46. The van der Waals surface area contributed by atoms with Crippen LogP contribution in [0.4, 0.5) is 4.39 Å². The van der Waals surface area contributed by atoms with E-state index in [1.807, 2.05) is 0 Å². The predicted molar refractivity (Wildman–Crippen MR) is 48.4 cm³/mol. The van der Waals surface area contributed by atoms with Crippen LogP contribution < -0.4 is 0 Å². The lowest BCUT2D eigenvalue weighted by Crippen LogP contribution is -1.98. The number of hydrogen-bond donors (Lipinski definition) is 0. The summed E-state index contributed by atoms with van der Waals surface area (Å²) in [5.74, 6) is 0.154. The molecule has 0 aromatic heterocycles. The summed E-state index contributed by atoms with van der Waals surface area (Å²) in [5, 5.41) is 0. The number of carbonyl (C=O) groups excluding carboxylic acids is 1. The fourth-order valence-electron chi connectivity index (χ4n) is 1.51. The fourth-order valence-corrected chi connectivity index (χ4v) is 1.51. The first-order chi connectivity index (χ1) is 6.33. The SMILES string of the molecule is O=Cc1ccccc1C(F)C1CC1. The van der Waals surface area contributed by atoms with E-state index in [0.29, 0.717) is 11.1 Å². The summed E-state index contributed by atoms with van der Waals surface area (Å²) < 4.78 is 13.6. The van der Waals surface area contributed by atoms with Gasteiger partial charge in [-0.05, 0) is 24.3 Å². The lowest BCUT2D eigenvalue weighted by molar-refractivity contribution is 0.112. The summed E-state index contributed by atoms with van der Waals surface area (Å²) >= 11 is 0. The highest BCUT2D eigenvalue weighted by atomic mass is 19.1. The van der Waals surface area contributed by atoms with E-state index in [2.05, 4.69) is 0 Å². The molecule has 68 valence electrons. The molecule has 1 aromatic carbocycles. The Labute approximate surface area is 76.6 Å². The van der Waals surface area contributed by atoms with E-state index in [4.69, 9.17) is 0 Å². The van der Waals surface area contributed by atoms with Crippen LogP contribution >= 0.6 is 0 Å². The van der Waals surface area contributed by atoms with Gasteiger partial charge in [0.05, 0.1) is 0 Å². The molecule has 1 aliphatic carbocycles. The molecular weight excluding hydrogens is 167 g/mol. The van der Waals surface area contributed by atoms with Crippen LogP contribution in [0, 0.1) is 5.92 Å². The Bertz CT molecular complexity index is 318. The fraction of sp³-hybridized carbons (Fsp3) is 0.364. The van der Waals surface area contributed by atoms with E-state index in [-0.39, 0.29) is 5.92 Å². The minimum atomic E-state index is -0.943. The predicted octanol–water partition coefficient (Wildman–Crippen LogP) is 2.92. The first-order valence-corrected chi connectivity index (χ1v) is 4.51. The molecular formula is C11H11FO. The molecule has 13 heavy (non-hydrogen) atoms. The number of halogens is 1. The van der Waals surface area contributed by atoms with Crippen molar-refractivity contribution in [3.63, 3.8) is 0 Å². The second-order valence-corrected chi connectivity index (χ2v) is 3.49. The molecule has 0 aliphatic heterocycles. The second kappa shape index (κ2) is 3.29. The lowest BCUT2D eigenvalue weighted by atomic mass is 10.0. The van der Waals surface area contributed by atoms with Crippen molar-refractivity contribution < 1.29 is 9.18 Å². The van der Waals surface area contributed by atoms with Gasteiger partial charge in [0, 0.05) is 5.56 Å². The number of aldehydes is 1. The van der Waals surface area contributed by atoms with Gasteiger partial charge in [-0.15, -0.1) is 0 Å². The average Bonchev–Trinajstić information content (AvgIpc) is 3.00. The van der Waals surface area contributed by atoms with Gasteiger partial charge in [-0.2, -0.15) is 0 Å². The van der Waals surface area contributed by atoms with Crippen LogP contribution in [0.1, 0.15) is 34.9 Å². The van der Waals surface area contributed by atoms with Crippen LogP contribution in [0.2, 0.25) is 0 Å². The topological polar surface area (TPSA) is 17.1 Å². The molecule has 2 rings (SSSR count). The molecule has 1 aliphatic rings. The van der Waals surface area contributed by atoms with Crippen molar-refractivity contribution in [3.8, 4) is 0 Å². The van der Waals surface area contributed by atoms with E-state index in [1.165, 1.54) is 0 Å². The zero-order chi connectivity index (χ0) is 9.26. The van der Waals surface area contributed by atoms with Gasteiger partial charge >= 0.3 is 0 Å². The quantitative estimate of drug-likeness (QED) is 0.650. The number of carbonyl (C=O) groups is 1. The van der Waals surface area contributed by atoms with Crippen molar-refractivity contribution in [2.45, 2.75) is 19.0 Å². The van der Waals surface area contributed by atoms with E-state index < -0.39 is 6.17 Å². The van der Waals surface area contributed by atoms with Crippen molar-refractivity contribution in [2.75, 3.05) is 0 Å². The van der Waals surface area contributed by atoms with Crippen molar-refractivity contribution in [1.82, 2.24) is 0 Å². The highest BCUT2D eigenvalue weighted by Gasteiger charge is 2.33. The monoisotopic (exact) mass is 178 g/mol. The minimum absolute atomic E-state index is 0.154. The Kier molecular flexibility index (Phi) is 2.13. The molecule has 1 atom stereocenters. The maximum absolute atomic E-state index is 13.6. The average molecular weight is 178 g/mol. The van der Waals surface area contributed by atoms with Crippen LogP contribution in [0.15, 0.2) is 24.3 Å². The number of hydrogen-bond acceptors (Lipinski definition) is 1. The maximum atomic E-state index is 13.6. The minimum Gasteiger partial charge on any atom is -0.298 e. The first-order valence-electron chi connectivity index (χ1n) is 4.51.